The lowest BCUT2D eigenvalue weighted by Crippen LogP contribution is -2.11. The van der Waals surface area contributed by atoms with Crippen LogP contribution in [0, 0.1) is 6.92 Å². The van der Waals surface area contributed by atoms with Gasteiger partial charge in [0.15, 0.2) is 5.78 Å². The zero-order chi connectivity index (χ0) is 13.7. The molecule has 0 aliphatic carbocycles. The third-order valence-electron chi connectivity index (χ3n) is 3.06. The minimum absolute atomic E-state index is 0.111. The minimum atomic E-state index is 0.111. The molecule has 0 N–H and O–H groups in total. The molecule has 2 rings (SSSR count). The Kier molecular flexibility index (Phi) is 4.44. The number of carbonyl (C=O) groups is 1. The number of Topliss-reactive ketones (excluding diaryl/α,β-unsaturated/α-hetero) is 1. The van der Waals surface area contributed by atoms with E-state index in [-0.39, 0.29) is 5.78 Å². The van der Waals surface area contributed by atoms with Gasteiger partial charge in [0.2, 0.25) is 0 Å². The highest BCUT2D eigenvalue weighted by atomic mass is 16.1. The van der Waals surface area contributed by atoms with Crippen LogP contribution in [0.5, 0.6) is 0 Å². The second-order valence-electron chi connectivity index (χ2n) is 4.75. The first-order valence-electron chi connectivity index (χ1n) is 6.68. The van der Waals surface area contributed by atoms with Gasteiger partial charge in [0.25, 0.3) is 0 Å². The number of benzene rings is 1. The van der Waals surface area contributed by atoms with Crippen molar-refractivity contribution in [2.75, 3.05) is 0 Å². The highest BCUT2D eigenvalue weighted by molar-refractivity contribution is 5.94. The predicted octanol–water partition coefficient (Wildman–Crippen LogP) is 2.81. The highest BCUT2D eigenvalue weighted by Gasteiger charge is 2.12. The number of ketones is 1. The zero-order valence-corrected chi connectivity index (χ0v) is 11.5. The lowest BCUT2D eigenvalue weighted by Gasteiger charge is -2.04. The molecule has 0 aliphatic rings. The number of hydrogen-bond acceptors (Lipinski definition) is 3. The number of hydrogen-bond donors (Lipinski definition) is 0. The summed E-state index contributed by atoms with van der Waals surface area (Å²) in [5.41, 5.74) is 3.04. The Bertz CT molecular complexity index is 560. The van der Waals surface area contributed by atoms with Crippen molar-refractivity contribution in [1.29, 1.82) is 0 Å². The molecular weight excluding hydrogens is 238 g/mol. The van der Waals surface area contributed by atoms with Gasteiger partial charge >= 0.3 is 0 Å². The second-order valence-corrected chi connectivity index (χ2v) is 4.75. The molecule has 1 aromatic heterocycles. The van der Waals surface area contributed by atoms with Crippen LogP contribution in [0.4, 0.5) is 0 Å². The van der Waals surface area contributed by atoms with Crippen molar-refractivity contribution in [2.45, 2.75) is 39.7 Å². The van der Waals surface area contributed by atoms with Crippen LogP contribution < -0.4 is 0 Å². The molecule has 4 heteroatoms. The normalized spacial score (nSPS) is 10.6. The van der Waals surface area contributed by atoms with Crippen LogP contribution in [0.25, 0.3) is 0 Å². The summed E-state index contributed by atoms with van der Waals surface area (Å²) in [5.74, 6) is 0.111. The van der Waals surface area contributed by atoms with Gasteiger partial charge in [-0.15, -0.1) is 5.10 Å². The Hall–Kier alpha value is -1.97. The topological polar surface area (TPSA) is 47.8 Å². The van der Waals surface area contributed by atoms with Crippen molar-refractivity contribution < 1.29 is 4.79 Å². The van der Waals surface area contributed by atoms with Crippen LogP contribution in [0.2, 0.25) is 0 Å². The van der Waals surface area contributed by atoms with Crippen LogP contribution >= 0.6 is 0 Å². The van der Waals surface area contributed by atoms with Crippen molar-refractivity contribution in [3.63, 3.8) is 0 Å². The lowest BCUT2D eigenvalue weighted by molar-refractivity contribution is 0.0972. The Balaban J connectivity index is 1.99. The van der Waals surface area contributed by atoms with Crippen LogP contribution in [-0.2, 0) is 13.0 Å². The molecule has 0 amide bonds. The maximum atomic E-state index is 12.2. The quantitative estimate of drug-likeness (QED) is 0.748. The molecule has 2 aromatic rings. The molecule has 1 heterocycles. The average molecular weight is 257 g/mol. The first kappa shape index (κ1) is 13.5. The number of carbonyl (C=O) groups excluding carboxylic acids is 1. The highest BCUT2D eigenvalue weighted by Crippen LogP contribution is 2.10. The van der Waals surface area contributed by atoms with Gasteiger partial charge < -0.3 is 0 Å². The molecule has 0 spiro atoms. The van der Waals surface area contributed by atoms with E-state index in [9.17, 15) is 4.79 Å². The lowest BCUT2D eigenvalue weighted by atomic mass is 10.0. The zero-order valence-electron chi connectivity index (χ0n) is 11.5. The van der Waals surface area contributed by atoms with Gasteiger partial charge in [-0.2, -0.15) is 0 Å². The number of aryl methyl sites for hydroxylation is 3. The molecular formula is C15H19N3O. The average Bonchev–Trinajstić information content (AvgIpc) is 2.85. The molecule has 0 saturated heterocycles. The largest absolute Gasteiger partial charge is 0.292 e. The first-order valence-corrected chi connectivity index (χ1v) is 6.68. The molecule has 0 atom stereocenters. The van der Waals surface area contributed by atoms with Gasteiger partial charge in [-0.3, -0.25) is 4.79 Å². The Labute approximate surface area is 113 Å². The van der Waals surface area contributed by atoms with Crippen molar-refractivity contribution in [3.8, 4) is 0 Å². The van der Waals surface area contributed by atoms with Crippen LogP contribution in [0.1, 0.15) is 41.4 Å². The second kappa shape index (κ2) is 6.27. The fourth-order valence-electron chi connectivity index (χ4n) is 2.10. The molecule has 0 saturated carbocycles. The molecule has 1 aromatic carbocycles. The standard InChI is InChI=1S/C15H19N3O/c1-3-9-18-14(11-16-17-18)15(19)8-7-13-6-4-5-12(2)10-13/h4-6,10-11H,3,7-9H2,1-2H3. The third-order valence-corrected chi connectivity index (χ3v) is 3.06. The fraction of sp³-hybridized carbons (Fsp3) is 0.400. The molecule has 0 aliphatic heterocycles. The summed E-state index contributed by atoms with van der Waals surface area (Å²) < 4.78 is 1.69. The van der Waals surface area contributed by atoms with E-state index >= 15 is 0 Å². The summed E-state index contributed by atoms with van der Waals surface area (Å²) in [6, 6.07) is 8.26. The molecule has 0 radical (unpaired) electrons. The summed E-state index contributed by atoms with van der Waals surface area (Å²) in [7, 11) is 0. The maximum Gasteiger partial charge on any atom is 0.182 e. The summed E-state index contributed by atoms with van der Waals surface area (Å²) in [4.78, 5) is 12.2. The molecule has 100 valence electrons. The smallest absolute Gasteiger partial charge is 0.182 e. The van der Waals surface area contributed by atoms with Gasteiger partial charge in [-0.25, -0.2) is 4.68 Å². The number of nitrogens with zero attached hydrogens (tertiary/aromatic N) is 3. The van der Waals surface area contributed by atoms with Gasteiger partial charge in [0.1, 0.15) is 5.69 Å². The van der Waals surface area contributed by atoms with Crippen LogP contribution in [-0.4, -0.2) is 20.8 Å². The summed E-state index contributed by atoms with van der Waals surface area (Å²) in [5, 5.41) is 7.76. The monoisotopic (exact) mass is 257 g/mol. The van der Waals surface area contributed by atoms with Gasteiger partial charge in [-0.05, 0) is 25.3 Å². The first-order chi connectivity index (χ1) is 9.20. The van der Waals surface area contributed by atoms with E-state index in [4.69, 9.17) is 0 Å². The molecule has 0 unspecified atom stereocenters. The third kappa shape index (κ3) is 3.50. The van der Waals surface area contributed by atoms with Gasteiger partial charge in [-0.1, -0.05) is 42.0 Å². The number of aromatic nitrogens is 3. The summed E-state index contributed by atoms with van der Waals surface area (Å²) >= 11 is 0. The van der Waals surface area contributed by atoms with Crippen molar-refractivity contribution >= 4 is 5.78 Å². The van der Waals surface area contributed by atoms with Crippen LogP contribution in [0.3, 0.4) is 0 Å². The molecule has 19 heavy (non-hydrogen) atoms. The van der Waals surface area contributed by atoms with Crippen molar-refractivity contribution in [3.05, 3.63) is 47.3 Å². The SMILES string of the molecule is CCCn1nncc1C(=O)CCc1cccc(C)c1. The van der Waals surface area contributed by atoms with E-state index in [0.717, 1.165) is 19.4 Å². The predicted molar refractivity (Wildman–Crippen MR) is 74.1 cm³/mol. The molecule has 0 fully saturated rings. The van der Waals surface area contributed by atoms with Crippen molar-refractivity contribution in [2.24, 2.45) is 0 Å². The van der Waals surface area contributed by atoms with Crippen molar-refractivity contribution in [1.82, 2.24) is 15.0 Å². The fourth-order valence-corrected chi connectivity index (χ4v) is 2.10. The van der Waals surface area contributed by atoms with E-state index in [2.05, 4.69) is 42.4 Å². The Morgan fingerprint density at radius 2 is 2.21 bits per heavy atom. The minimum Gasteiger partial charge on any atom is -0.292 e. The molecule has 4 nitrogen and oxygen atoms in total. The van der Waals surface area contributed by atoms with E-state index in [1.54, 1.807) is 10.9 Å². The van der Waals surface area contributed by atoms with Gasteiger partial charge in [0, 0.05) is 13.0 Å². The summed E-state index contributed by atoms with van der Waals surface area (Å²) in [6.07, 6.45) is 3.77. The Morgan fingerprint density at radius 1 is 1.37 bits per heavy atom. The van der Waals surface area contributed by atoms with Gasteiger partial charge in [0.05, 0.1) is 6.20 Å². The van der Waals surface area contributed by atoms with E-state index in [1.165, 1.54) is 11.1 Å². The maximum absolute atomic E-state index is 12.2. The summed E-state index contributed by atoms with van der Waals surface area (Å²) in [6.45, 7) is 4.86. The molecule has 0 bridgehead atoms. The van der Waals surface area contributed by atoms with E-state index in [0.29, 0.717) is 12.1 Å². The Morgan fingerprint density at radius 3 is 2.95 bits per heavy atom. The van der Waals surface area contributed by atoms with Crippen LogP contribution in [0.15, 0.2) is 30.5 Å². The number of rotatable bonds is 6. The van der Waals surface area contributed by atoms with E-state index < -0.39 is 0 Å². The van der Waals surface area contributed by atoms with E-state index in [1.807, 2.05) is 6.07 Å².